The average molecular weight is 302 g/mol. The molecular weight excluding hydrogens is 290 g/mol. The number of hydrogen-bond acceptors (Lipinski definition) is 3. The number of aromatic nitrogens is 1. The van der Waals surface area contributed by atoms with E-state index < -0.39 is 0 Å². The van der Waals surface area contributed by atoms with Crippen LogP contribution in [0.25, 0.3) is 0 Å². The van der Waals surface area contributed by atoms with Crippen molar-refractivity contribution in [2.45, 2.75) is 13.0 Å². The van der Waals surface area contributed by atoms with E-state index in [1.54, 1.807) is 12.4 Å². The van der Waals surface area contributed by atoms with Crippen LogP contribution in [0.4, 0.5) is 5.69 Å². The molecule has 0 saturated heterocycles. The number of nitriles is 1. The van der Waals surface area contributed by atoms with Crippen molar-refractivity contribution in [3.8, 4) is 6.07 Å². The van der Waals surface area contributed by atoms with Gasteiger partial charge in [0.15, 0.2) is 0 Å². The van der Waals surface area contributed by atoms with Gasteiger partial charge in [0.1, 0.15) is 6.04 Å². The lowest BCUT2D eigenvalue weighted by molar-refractivity contribution is 0.990. The zero-order valence-electron chi connectivity index (χ0n) is 9.89. The van der Waals surface area contributed by atoms with Gasteiger partial charge in [0, 0.05) is 10.7 Å². The third-order valence-corrected chi connectivity index (χ3v) is 2.95. The van der Waals surface area contributed by atoms with E-state index in [0.717, 1.165) is 21.3 Å². The number of rotatable bonds is 3. The lowest BCUT2D eigenvalue weighted by Gasteiger charge is -2.13. The third kappa shape index (κ3) is 3.08. The topological polar surface area (TPSA) is 48.7 Å². The molecule has 1 heterocycles. The summed E-state index contributed by atoms with van der Waals surface area (Å²) in [6.07, 6.45) is 3.41. The van der Waals surface area contributed by atoms with Crippen molar-refractivity contribution in [3.63, 3.8) is 0 Å². The molecular formula is C14H12BrN3. The van der Waals surface area contributed by atoms with Crippen molar-refractivity contribution < 1.29 is 0 Å². The molecule has 0 amide bonds. The number of halogens is 1. The van der Waals surface area contributed by atoms with E-state index in [1.807, 2.05) is 37.3 Å². The van der Waals surface area contributed by atoms with E-state index >= 15 is 0 Å². The highest BCUT2D eigenvalue weighted by Crippen LogP contribution is 2.21. The zero-order valence-corrected chi connectivity index (χ0v) is 11.5. The Morgan fingerprint density at radius 2 is 2.17 bits per heavy atom. The quantitative estimate of drug-likeness (QED) is 0.937. The molecule has 1 aromatic carbocycles. The van der Waals surface area contributed by atoms with Crippen molar-refractivity contribution in [1.82, 2.24) is 4.98 Å². The van der Waals surface area contributed by atoms with Gasteiger partial charge in [-0.25, -0.2) is 0 Å². The molecule has 1 atom stereocenters. The maximum absolute atomic E-state index is 9.26. The van der Waals surface area contributed by atoms with Crippen molar-refractivity contribution >= 4 is 21.6 Å². The van der Waals surface area contributed by atoms with E-state index in [0.29, 0.717) is 0 Å². The van der Waals surface area contributed by atoms with Gasteiger partial charge in [0.25, 0.3) is 0 Å². The Bertz CT molecular complexity index is 590. The number of benzene rings is 1. The van der Waals surface area contributed by atoms with Gasteiger partial charge in [-0.05, 0) is 34.5 Å². The first-order chi connectivity index (χ1) is 8.69. The smallest absolute Gasteiger partial charge is 0.140 e. The minimum Gasteiger partial charge on any atom is -0.365 e. The summed E-state index contributed by atoms with van der Waals surface area (Å²) in [5.74, 6) is 0. The van der Waals surface area contributed by atoms with Gasteiger partial charge < -0.3 is 5.32 Å². The van der Waals surface area contributed by atoms with Crippen LogP contribution in [0.3, 0.4) is 0 Å². The lowest BCUT2D eigenvalue weighted by Crippen LogP contribution is -2.08. The van der Waals surface area contributed by atoms with Crippen LogP contribution in [-0.2, 0) is 0 Å². The molecule has 0 aliphatic heterocycles. The molecule has 1 N–H and O–H groups in total. The fourth-order valence-corrected chi connectivity index (χ4v) is 2.06. The molecule has 0 unspecified atom stereocenters. The largest absolute Gasteiger partial charge is 0.365 e. The standard InChI is InChI=1S/C14H12BrN3/c1-10-3-2-4-11(5-10)14(7-16)18-13-6-12(15)8-17-9-13/h2-6,8-9,14,18H,1H3/t14-/m1/s1. The molecule has 3 nitrogen and oxygen atoms in total. The predicted octanol–water partition coefficient (Wildman–Crippen LogP) is 3.83. The molecule has 0 saturated carbocycles. The van der Waals surface area contributed by atoms with Crippen molar-refractivity contribution in [2.75, 3.05) is 5.32 Å². The van der Waals surface area contributed by atoms with Gasteiger partial charge in [0.2, 0.25) is 0 Å². The number of pyridine rings is 1. The molecule has 0 spiro atoms. The fraction of sp³-hybridized carbons (Fsp3) is 0.143. The fourth-order valence-electron chi connectivity index (χ4n) is 1.70. The lowest BCUT2D eigenvalue weighted by atomic mass is 10.1. The van der Waals surface area contributed by atoms with Crippen molar-refractivity contribution in [3.05, 3.63) is 58.3 Å². The number of anilines is 1. The summed E-state index contributed by atoms with van der Waals surface area (Å²) in [6, 6.07) is 11.7. The number of hydrogen-bond donors (Lipinski definition) is 1. The first kappa shape index (κ1) is 12.6. The van der Waals surface area contributed by atoms with Crippen molar-refractivity contribution in [1.29, 1.82) is 5.26 Å². The van der Waals surface area contributed by atoms with Crippen LogP contribution in [0.15, 0.2) is 47.2 Å². The Hall–Kier alpha value is -1.86. The average Bonchev–Trinajstić information content (AvgIpc) is 2.36. The van der Waals surface area contributed by atoms with E-state index in [9.17, 15) is 5.26 Å². The Morgan fingerprint density at radius 1 is 1.33 bits per heavy atom. The molecule has 0 aliphatic rings. The van der Waals surface area contributed by atoms with Gasteiger partial charge in [-0.15, -0.1) is 0 Å². The predicted molar refractivity (Wildman–Crippen MR) is 75.1 cm³/mol. The van der Waals surface area contributed by atoms with Gasteiger partial charge in [0.05, 0.1) is 18.0 Å². The molecule has 0 bridgehead atoms. The molecule has 2 rings (SSSR count). The van der Waals surface area contributed by atoms with Crippen LogP contribution in [0.5, 0.6) is 0 Å². The van der Waals surface area contributed by atoms with Gasteiger partial charge >= 0.3 is 0 Å². The summed E-state index contributed by atoms with van der Waals surface area (Å²) in [5.41, 5.74) is 2.91. The summed E-state index contributed by atoms with van der Waals surface area (Å²) in [5, 5.41) is 12.4. The third-order valence-electron chi connectivity index (χ3n) is 2.52. The van der Waals surface area contributed by atoms with E-state index in [-0.39, 0.29) is 6.04 Å². The number of aryl methyl sites for hydroxylation is 1. The second-order valence-electron chi connectivity index (χ2n) is 4.01. The summed E-state index contributed by atoms with van der Waals surface area (Å²) < 4.78 is 0.883. The summed E-state index contributed by atoms with van der Waals surface area (Å²) in [4.78, 5) is 4.06. The van der Waals surface area contributed by atoms with Gasteiger partial charge in [-0.2, -0.15) is 5.26 Å². The van der Waals surface area contributed by atoms with Crippen LogP contribution in [0, 0.1) is 18.3 Å². The van der Waals surface area contributed by atoms with E-state index in [4.69, 9.17) is 0 Å². The summed E-state index contributed by atoms with van der Waals surface area (Å²) >= 11 is 3.36. The Labute approximate surface area is 115 Å². The van der Waals surface area contributed by atoms with Gasteiger partial charge in [-0.1, -0.05) is 29.8 Å². The first-order valence-electron chi connectivity index (χ1n) is 5.52. The highest BCUT2D eigenvalue weighted by atomic mass is 79.9. The normalized spacial score (nSPS) is 11.6. The second kappa shape index (κ2) is 5.65. The molecule has 4 heteroatoms. The molecule has 0 radical (unpaired) electrons. The maximum Gasteiger partial charge on any atom is 0.140 e. The molecule has 0 fully saturated rings. The minimum atomic E-state index is -0.374. The van der Waals surface area contributed by atoms with Gasteiger partial charge in [-0.3, -0.25) is 4.98 Å². The second-order valence-corrected chi connectivity index (χ2v) is 4.93. The highest BCUT2D eigenvalue weighted by molar-refractivity contribution is 9.10. The summed E-state index contributed by atoms with van der Waals surface area (Å²) in [7, 11) is 0. The maximum atomic E-state index is 9.26. The van der Waals surface area contributed by atoms with E-state index in [1.165, 1.54) is 0 Å². The minimum absolute atomic E-state index is 0.374. The molecule has 1 aromatic heterocycles. The summed E-state index contributed by atoms with van der Waals surface area (Å²) in [6.45, 7) is 2.01. The SMILES string of the molecule is Cc1cccc([C@@H](C#N)Nc2cncc(Br)c2)c1. The highest BCUT2D eigenvalue weighted by Gasteiger charge is 2.10. The van der Waals surface area contributed by atoms with Crippen LogP contribution in [0.1, 0.15) is 17.2 Å². The first-order valence-corrected chi connectivity index (χ1v) is 6.31. The molecule has 0 aliphatic carbocycles. The molecule has 18 heavy (non-hydrogen) atoms. The Balaban J connectivity index is 2.23. The van der Waals surface area contributed by atoms with Crippen LogP contribution >= 0.6 is 15.9 Å². The van der Waals surface area contributed by atoms with Crippen LogP contribution in [-0.4, -0.2) is 4.98 Å². The zero-order chi connectivity index (χ0) is 13.0. The van der Waals surface area contributed by atoms with Crippen LogP contribution in [0.2, 0.25) is 0 Å². The van der Waals surface area contributed by atoms with E-state index in [2.05, 4.69) is 32.3 Å². The number of nitrogens with one attached hydrogen (secondary N) is 1. The monoisotopic (exact) mass is 301 g/mol. The molecule has 2 aromatic rings. The Morgan fingerprint density at radius 3 is 2.83 bits per heavy atom. The Kier molecular flexibility index (Phi) is 3.96. The van der Waals surface area contributed by atoms with Crippen molar-refractivity contribution in [2.24, 2.45) is 0 Å². The van der Waals surface area contributed by atoms with Crippen LogP contribution < -0.4 is 5.32 Å². The molecule has 90 valence electrons. The number of nitrogens with zero attached hydrogens (tertiary/aromatic N) is 2.